The number of aliphatic hydroxyl groups excluding tert-OH is 1. The van der Waals surface area contributed by atoms with E-state index in [1.54, 1.807) is 12.3 Å². The number of aromatic nitrogens is 1. The highest BCUT2D eigenvalue weighted by molar-refractivity contribution is 7.13. The number of anilines is 1. The van der Waals surface area contributed by atoms with Gasteiger partial charge >= 0.3 is 5.97 Å². The van der Waals surface area contributed by atoms with Crippen LogP contribution in [0, 0.1) is 11.8 Å². The molecule has 0 bridgehead atoms. The number of rotatable bonds is 10. The van der Waals surface area contributed by atoms with Crippen LogP contribution in [0.25, 0.3) is 10.8 Å². The van der Waals surface area contributed by atoms with Crippen molar-refractivity contribution in [2.24, 2.45) is 11.8 Å². The summed E-state index contributed by atoms with van der Waals surface area (Å²) in [6, 6.07) is 11.8. The number of hydrogen-bond acceptors (Lipinski definition) is 6. The summed E-state index contributed by atoms with van der Waals surface area (Å²) < 4.78 is 19.4. The molecule has 2 aromatic heterocycles. The van der Waals surface area contributed by atoms with Crippen LogP contribution in [-0.2, 0) is 11.2 Å². The molecular formula is C25H28ClFN2O3S. The van der Waals surface area contributed by atoms with Crippen LogP contribution in [0.4, 0.5) is 10.1 Å². The van der Waals surface area contributed by atoms with E-state index in [2.05, 4.69) is 16.4 Å². The highest BCUT2D eigenvalue weighted by Crippen LogP contribution is 2.41. The predicted octanol–water partition coefficient (Wildman–Crippen LogP) is 5.46. The quantitative estimate of drug-likeness (QED) is 0.291. The molecule has 4 atom stereocenters. The average molecular weight is 491 g/mol. The fourth-order valence-electron chi connectivity index (χ4n) is 4.53. The van der Waals surface area contributed by atoms with Crippen LogP contribution in [0.15, 0.2) is 48.8 Å². The number of benzene rings is 1. The summed E-state index contributed by atoms with van der Waals surface area (Å²) in [7, 11) is 0. The number of hydrogen-bond donors (Lipinski definition) is 2. The highest BCUT2D eigenvalue weighted by Gasteiger charge is 2.41. The second kappa shape index (κ2) is 11.3. The molecule has 2 unspecified atom stereocenters. The summed E-state index contributed by atoms with van der Waals surface area (Å²) in [6.45, 7) is 0.454. The number of ether oxygens (including phenoxy) is 1. The number of alkyl halides is 2. The Hall–Kier alpha value is -2.22. The van der Waals surface area contributed by atoms with Gasteiger partial charge in [-0.25, -0.2) is 9.18 Å². The number of nitrogens with one attached hydrogen (secondary N) is 1. The van der Waals surface area contributed by atoms with Gasteiger partial charge in [0.25, 0.3) is 0 Å². The Bertz CT molecular complexity index is 1080. The molecule has 3 aromatic rings. The molecular weight excluding hydrogens is 463 g/mol. The average Bonchev–Trinajstić information content (AvgIpc) is 3.41. The maximum absolute atomic E-state index is 14.5. The van der Waals surface area contributed by atoms with E-state index in [1.165, 1.54) is 11.3 Å². The van der Waals surface area contributed by atoms with Crippen LogP contribution in [0.2, 0.25) is 0 Å². The van der Waals surface area contributed by atoms with Crippen LogP contribution < -0.4 is 5.32 Å². The van der Waals surface area contributed by atoms with Crippen molar-refractivity contribution in [3.63, 3.8) is 0 Å². The van der Waals surface area contributed by atoms with Gasteiger partial charge in [-0.15, -0.1) is 22.9 Å². The summed E-state index contributed by atoms with van der Waals surface area (Å²) in [4.78, 5) is 17.7. The molecule has 1 aliphatic rings. The van der Waals surface area contributed by atoms with Crippen LogP contribution in [0.3, 0.4) is 0 Å². The van der Waals surface area contributed by atoms with E-state index >= 15 is 0 Å². The molecule has 176 valence electrons. The maximum atomic E-state index is 14.5. The molecule has 1 aromatic carbocycles. The van der Waals surface area contributed by atoms with Gasteiger partial charge in [0.1, 0.15) is 17.7 Å². The number of pyridine rings is 1. The number of aliphatic hydroxyl groups is 1. The SMILES string of the molecule is O=C(OCCO)c1ccc(CCC[C@H]2CC(F)C(Cl)[C@@H]2CNc2ccc3cnccc3c2)s1. The van der Waals surface area contributed by atoms with Gasteiger partial charge in [-0.2, -0.15) is 0 Å². The maximum Gasteiger partial charge on any atom is 0.348 e. The first-order chi connectivity index (χ1) is 16.0. The van der Waals surface area contributed by atoms with Crippen LogP contribution in [0.5, 0.6) is 0 Å². The van der Waals surface area contributed by atoms with E-state index in [1.807, 2.05) is 30.5 Å². The molecule has 5 nitrogen and oxygen atoms in total. The number of halogens is 2. The Balaban J connectivity index is 1.30. The van der Waals surface area contributed by atoms with Crippen molar-refractivity contribution in [2.45, 2.75) is 37.2 Å². The lowest BCUT2D eigenvalue weighted by molar-refractivity contribution is 0.0439. The molecule has 8 heteroatoms. The predicted molar refractivity (Wildman–Crippen MR) is 131 cm³/mol. The molecule has 0 saturated heterocycles. The Morgan fingerprint density at radius 1 is 1.27 bits per heavy atom. The summed E-state index contributed by atoms with van der Waals surface area (Å²) in [5.74, 6) is -0.131. The molecule has 2 heterocycles. The Morgan fingerprint density at radius 3 is 3.00 bits per heavy atom. The van der Waals surface area contributed by atoms with E-state index in [0.29, 0.717) is 17.8 Å². The molecule has 0 radical (unpaired) electrons. The third-order valence-electron chi connectivity index (χ3n) is 6.26. The third kappa shape index (κ3) is 6.02. The molecule has 0 amide bonds. The van der Waals surface area contributed by atoms with Gasteiger partial charge in [0, 0.05) is 34.9 Å². The van der Waals surface area contributed by atoms with Crippen molar-refractivity contribution in [1.82, 2.24) is 4.98 Å². The fourth-order valence-corrected chi connectivity index (χ4v) is 5.87. The molecule has 0 aliphatic heterocycles. The van der Waals surface area contributed by atoms with E-state index in [-0.39, 0.29) is 25.0 Å². The smallest absolute Gasteiger partial charge is 0.348 e. The molecule has 1 saturated carbocycles. The van der Waals surface area contributed by atoms with Gasteiger partial charge in [-0.05, 0) is 73.2 Å². The summed E-state index contributed by atoms with van der Waals surface area (Å²) in [5.41, 5.74) is 0.998. The lowest BCUT2D eigenvalue weighted by Gasteiger charge is -2.22. The topological polar surface area (TPSA) is 71.5 Å². The van der Waals surface area contributed by atoms with E-state index in [4.69, 9.17) is 21.4 Å². The molecule has 4 rings (SSSR count). The number of fused-ring (bicyclic) bond motifs is 1. The van der Waals surface area contributed by atoms with Crippen molar-refractivity contribution in [3.8, 4) is 0 Å². The van der Waals surface area contributed by atoms with Gasteiger partial charge in [0.2, 0.25) is 0 Å². The Labute approximate surface area is 201 Å². The first kappa shape index (κ1) is 23.9. The minimum atomic E-state index is -0.985. The summed E-state index contributed by atoms with van der Waals surface area (Å²) in [5, 5.41) is 13.9. The molecule has 0 spiro atoms. The Morgan fingerprint density at radius 2 is 2.15 bits per heavy atom. The lowest BCUT2D eigenvalue weighted by atomic mass is 9.90. The van der Waals surface area contributed by atoms with E-state index in [9.17, 15) is 9.18 Å². The van der Waals surface area contributed by atoms with Crippen molar-refractivity contribution in [1.29, 1.82) is 0 Å². The van der Waals surface area contributed by atoms with Gasteiger partial charge in [0.05, 0.1) is 12.0 Å². The number of aryl methyl sites for hydroxylation is 1. The molecule has 33 heavy (non-hydrogen) atoms. The normalized spacial score (nSPS) is 22.5. The standard InChI is InChI=1S/C25H28ClFN2O3S/c26-24-21(15-29-19-5-4-18-14-28-9-8-16(18)12-19)17(13-22(24)27)2-1-3-20-6-7-23(33-20)25(31)32-11-10-30/h4-9,12,14,17,21-22,24,29-30H,1-3,10-11,13,15H2/t17-,21+,22?,24?/m0/s1. The zero-order valence-corrected chi connectivity index (χ0v) is 19.8. The van der Waals surface area contributed by atoms with Crippen LogP contribution in [0.1, 0.15) is 33.8 Å². The monoisotopic (exact) mass is 490 g/mol. The number of thiophene rings is 1. The largest absolute Gasteiger partial charge is 0.459 e. The van der Waals surface area contributed by atoms with Crippen molar-refractivity contribution >= 4 is 45.4 Å². The van der Waals surface area contributed by atoms with Crippen LogP contribution >= 0.6 is 22.9 Å². The minimum absolute atomic E-state index is 0.00355. The fraction of sp³-hybridized carbons (Fsp3) is 0.440. The van der Waals surface area contributed by atoms with E-state index < -0.39 is 17.5 Å². The lowest BCUT2D eigenvalue weighted by Crippen LogP contribution is -2.26. The summed E-state index contributed by atoms with van der Waals surface area (Å²) in [6.07, 6.45) is 5.75. The van der Waals surface area contributed by atoms with Gasteiger partial charge in [-0.1, -0.05) is 6.07 Å². The zero-order chi connectivity index (χ0) is 23.2. The molecule has 2 N–H and O–H groups in total. The summed E-state index contributed by atoms with van der Waals surface area (Å²) >= 11 is 7.88. The number of nitrogens with zero attached hydrogens (tertiary/aromatic N) is 1. The molecule has 1 fully saturated rings. The third-order valence-corrected chi connectivity index (χ3v) is 7.98. The Kier molecular flexibility index (Phi) is 8.17. The number of carbonyl (C=O) groups excluding carboxylic acids is 1. The number of carbonyl (C=O) groups is 1. The van der Waals surface area contributed by atoms with Crippen molar-refractivity contribution in [3.05, 3.63) is 58.5 Å². The zero-order valence-electron chi connectivity index (χ0n) is 18.3. The van der Waals surface area contributed by atoms with E-state index in [0.717, 1.165) is 40.6 Å². The number of esters is 1. The van der Waals surface area contributed by atoms with Crippen LogP contribution in [-0.4, -0.2) is 47.4 Å². The second-order valence-corrected chi connectivity index (χ2v) is 10.1. The van der Waals surface area contributed by atoms with Gasteiger partial charge in [-0.3, -0.25) is 4.98 Å². The van der Waals surface area contributed by atoms with Crippen molar-refractivity contribution < 1.29 is 19.0 Å². The first-order valence-corrected chi connectivity index (χ1v) is 12.5. The highest BCUT2D eigenvalue weighted by atomic mass is 35.5. The van der Waals surface area contributed by atoms with Crippen molar-refractivity contribution in [2.75, 3.05) is 25.1 Å². The second-order valence-electron chi connectivity index (χ2n) is 8.46. The van der Waals surface area contributed by atoms with Gasteiger partial charge in [0.15, 0.2) is 0 Å². The first-order valence-electron chi connectivity index (χ1n) is 11.3. The molecule has 1 aliphatic carbocycles. The minimum Gasteiger partial charge on any atom is -0.459 e. The van der Waals surface area contributed by atoms with Gasteiger partial charge < -0.3 is 15.2 Å².